The molecule has 4 nitrogen and oxygen atoms in total. The number of benzene rings is 2. The standard InChI is InChI=1S/C17H13ClN2O2S/c1-22-13-7-8-14-15(10-13)23-17(19-14)20-16(21)9-4-11-2-5-12(18)6-3-11/h2-10H,1H3,(H,19,20,21)/b9-4+. The normalized spacial score (nSPS) is 11.0. The minimum Gasteiger partial charge on any atom is -0.497 e. The van der Waals surface area contributed by atoms with Crippen LogP contribution < -0.4 is 10.1 Å². The van der Waals surface area contributed by atoms with Gasteiger partial charge >= 0.3 is 0 Å². The summed E-state index contributed by atoms with van der Waals surface area (Å²) in [5, 5.41) is 3.98. The molecule has 3 aromatic rings. The molecule has 0 unspecified atom stereocenters. The predicted octanol–water partition coefficient (Wildman–Crippen LogP) is 4.61. The molecule has 0 spiro atoms. The zero-order valence-corrected chi connectivity index (χ0v) is 13.8. The van der Waals surface area contributed by atoms with Crippen molar-refractivity contribution in [1.82, 2.24) is 4.98 Å². The Morgan fingerprint density at radius 3 is 2.78 bits per heavy atom. The summed E-state index contributed by atoms with van der Waals surface area (Å²) < 4.78 is 6.14. The molecule has 0 aliphatic carbocycles. The van der Waals surface area contributed by atoms with Crippen LogP contribution in [0.1, 0.15) is 5.56 Å². The second kappa shape index (κ2) is 6.81. The zero-order valence-electron chi connectivity index (χ0n) is 12.2. The minimum absolute atomic E-state index is 0.231. The first-order valence-electron chi connectivity index (χ1n) is 6.83. The second-order valence-electron chi connectivity index (χ2n) is 4.73. The fourth-order valence-corrected chi connectivity index (χ4v) is 3.00. The summed E-state index contributed by atoms with van der Waals surface area (Å²) in [4.78, 5) is 16.3. The maximum Gasteiger partial charge on any atom is 0.250 e. The van der Waals surface area contributed by atoms with Crippen LogP contribution in [0.5, 0.6) is 5.75 Å². The Balaban J connectivity index is 1.71. The van der Waals surface area contributed by atoms with Gasteiger partial charge in [-0.3, -0.25) is 10.1 Å². The average Bonchev–Trinajstić information content (AvgIpc) is 2.95. The molecule has 0 radical (unpaired) electrons. The van der Waals surface area contributed by atoms with E-state index in [9.17, 15) is 4.79 Å². The number of thiazole rings is 1. The number of hydrogen-bond donors (Lipinski definition) is 1. The van der Waals surface area contributed by atoms with Gasteiger partial charge in [0.25, 0.3) is 0 Å². The lowest BCUT2D eigenvalue weighted by Gasteiger charge is -1.96. The van der Waals surface area contributed by atoms with Crippen LogP contribution in [0.2, 0.25) is 5.02 Å². The lowest BCUT2D eigenvalue weighted by molar-refractivity contribution is -0.111. The van der Waals surface area contributed by atoms with Gasteiger partial charge in [-0.15, -0.1) is 0 Å². The SMILES string of the molecule is COc1ccc2nc(NC(=O)/C=C/c3ccc(Cl)cc3)sc2c1. The number of anilines is 1. The summed E-state index contributed by atoms with van der Waals surface area (Å²) in [5.74, 6) is 0.535. The Kier molecular flexibility index (Phi) is 4.60. The number of fused-ring (bicyclic) bond motifs is 1. The lowest BCUT2D eigenvalue weighted by Crippen LogP contribution is -2.07. The molecule has 3 rings (SSSR count). The molecule has 116 valence electrons. The molecule has 0 atom stereocenters. The number of nitrogens with one attached hydrogen (secondary N) is 1. The number of ether oxygens (including phenoxy) is 1. The van der Waals surface area contributed by atoms with Gasteiger partial charge in [0, 0.05) is 11.1 Å². The Morgan fingerprint density at radius 1 is 1.26 bits per heavy atom. The second-order valence-corrected chi connectivity index (χ2v) is 6.19. The summed E-state index contributed by atoms with van der Waals surface area (Å²) in [6.45, 7) is 0. The van der Waals surface area contributed by atoms with Crippen molar-refractivity contribution >= 4 is 50.3 Å². The van der Waals surface area contributed by atoms with Crippen LogP contribution >= 0.6 is 22.9 Å². The number of amides is 1. The first-order valence-corrected chi connectivity index (χ1v) is 8.03. The predicted molar refractivity (Wildman–Crippen MR) is 95.3 cm³/mol. The summed E-state index contributed by atoms with van der Waals surface area (Å²) in [7, 11) is 1.62. The van der Waals surface area contributed by atoms with E-state index in [0.29, 0.717) is 10.2 Å². The van der Waals surface area contributed by atoms with E-state index in [1.54, 1.807) is 25.3 Å². The highest BCUT2D eigenvalue weighted by molar-refractivity contribution is 7.22. The van der Waals surface area contributed by atoms with E-state index < -0.39 is 0 Å². The third-order valence-electron chi connectivity index (χ3n) is 3.12. The largest absolute Gasteiger partial charge is 0.497 e. The maximum absolute atomic E-state index is 12.0. The van der Waals surface area contributed by atoms with Gasteiger partial charge in [0.1, 0.15) is 5.75 Å². The molecule has 0 aliphatic rings. The Bertz CT molecular complexity index is 872. The number of hydrogen-bond acceptors (Lipinski definition) is 4. The van der Waals surface area contributed by atoms with Crippen molar-refractivity contribution in [3.8, 4) is 5.75 Å². The molecule has 6 heteroatoms. The van der Waals surface area contributed by atoms with Gasteiger partial charge < -0.3 is 4.74 Å². The quantitative estimate of drug-likeness (QED) is 0.703. The average molecular weight is 345 g/mol. The van der Waals surface area contributed by atoms with Crippen LogP contribution in [-0.4, -0.2) is 18.0 Å². The van der Waals surface area contributed by atoms with Crippen LogP contribution in [0.4, 0.5) is 5.13 Å². The van der Waals surface area contributed by atoms with E-state index in [0.717, 1.165) is 21.5 Å². The van der Waals surface area contributed by atoms with Crippen molar-refractivity contribution < 1.29 is 9.53 Å². The first-order chi connectivity index (χ1) is 11.1. The Hall–Kier alpha value is -2.37. The van der Waals surface area contributed by atoms with Gasteiger partial charge in [0.2, 0.25) is 5.91 Å². The number of halogens is 1. The van der Waals surface area contributed by atoms with Crippen molar-refractivity contribution in [3.63, 3.8) is 0 Å². The van der Waals surface area contributed by atoms with Crippen LogP contribution in [-0.2, 0) is 4.79 Å². The van der Waals surface area contributed by atoms with Gasteiger partial charge in [0.15, 0.2) is 5.13 Å². The van der Waals surface area contributed by atoms with E-state index in [1.807, 2.05) is 30.3 Å². The van der Waals surface area contributed by atoms with Crippen LogP contribution in [0, 0.1) is 0 Å². The van der Waals surface area contributed by atoms with E-state index in [2.05, 4.69) is 10.3 Å². The monoisotopic (exact) mass is 344 g/mol. The zero-order chi connectivity index (χ0) is 16.2. The van der Waals surface area contributed by atoms with E-state index in [-0.39, 0.29) is 5.91 Å². The van der Waals surface area contributed by atoms with Gasteiger partial charge in [-0.25, -0.2) is 4.98 Å². The van der Waals surface area contributed by atoms with E-state index in [4.69, 9.17) is 16.3 Å². The lowest BCUT2D eigenvalue weighted by atomic mass is 10.2. The van der Waals surface area contributed by atoms with Crippen molar-refractivity contribution in [2.45, 2.75) is 0 Å². The van der Waals surface area contributed by atoms with Crippen LogP contribution in [0.15, 0.2) is 48.5 Å². The highest BCUT2D eigenvalue weighted by Crippen LogP contribution is 2.29. The van der Waals surface area contributed by atoms with Crippen molar-refractivity contribution in [1.29, 1.82) is 0 Å². The highest BCUT2D eigenvalue weighted by Gasteiger charge is 2.06. The van der Waals surface area contributed by atoms with Gasteiger partial charge in [-0.1, -0.05) is 35.1 Å². The van der Waals surface area contributed by atoms with Crippen molar-refractivity contribution in [3.05, 3.63) is 59.1 Å². The topological polar surface area (TPSA) is 51.2 Å². The highest BCUT2D eigenvalue weighted by atomic mass is 35.5. The molecule has 0 fully saturated rings. The summed E-state index contributed by atoms with van der Waals surface area (Å²) >= 11 is 7.23. The molecular weight excluding hydrogens is 332 g/mol. The van der Waals surface area contributed by atoms with Gasteiger partial charge in [-0.2, -0.15) is 0 Å². The fraction of sp³-hybridized carbons (Fsp3) is 0.0588. The Morgan fingerprint density at radius 2 is 2.04 bits per heavy atom. The third-order valence-corrected chi connectivity index (χ3v) is 4.31. The van der Waals surface area contributed by atoms with Gasteiger partial charge in [0.05, 0.1) is 17.3 Å². The molecule has 1 amide bonds. The van der Waals surface area contributed by atoms with E-state index in [1.165, 1.54) is 17.4 Å². The number of methoxy groups -OCH3 is 1. The minimum atomic E-state index is -0.231. The molecule has 1 aromatic heterocycles. The molecule has 0 aliphatic heterocycles. The van der Waals surface area contributed by atoms with E-state index >= 15 is 0 Å². The third kappa shape index (κ3) is 3.88. The number of aromatic nitrogens is 1. The first kappa shape index (κ1) is 15.5. The van der Waals surface area contributed by atoms with Gasteiger partial charge in [-0.05, 0) is 42.0 Å². The van der Waals surface area contributed by atoms with Crippen LogP contribution in [0.3, 0.4) is 0 Å². The molecule has 0 saturated carbocycles. The molecule has 1 heterocycles. The Labute approximate surface area is 142 Å². The fourth-order valence-electron chi connectivity index (χ4n) is 1.98. The number of carbonyl (C=O) groups excluding carboxylic acids is 1. The smallest absolute Gasteiger partial charge is 0.250 e. The molecular formula is C17H13ClN2O2S. The molecule has 0 bridgehead atoms. The number of nitrogens with zero attached hydrogens (tertiary/aromatic N) is 1. The summed E-state index contributed by atoms with van der Waals surface area (Å²) in [6, 6.07) is 12.8. The molecule has 23 heavy (non-hydrogen) atoms. The summed E-state index contributed by atoms with van der Waals surface area (Å²) in [6.07, 6.45) is 3.19. The number of carbonyl (C=O) groups is 1. The molecule has 0 saturated heterocycles. The van der Waals surface area contributed by atoms with Crippen molar-refractivity contribution in [2.75, 3.05) is 12.4 Å². The number of rotatable bonds is 4. The maximum atomic E-state index is 12.0. The van der Waals surface area contributed by atoms with Crippen molar-refractivity contribution in [2.24, 2.45) is 0 Å². The van der Waals surface area contributed by atoms with Crippen LogP contribution in [0.25, 0.3) is 16.3 Å². The molecule has 1 N–H and O–H groups in total. The summed E-state index contributed by atoms with van der Waals surface area (Å²) in [5.41, 5.74) is 1.73. The molecule has 2 aromatic carbocycles.